The van der Waals surface area contributed by atoms with Gasteiger partial charge in [0.2, 0.25) is 5.91 Å². The van der Waals surface area contributed by atoms with Crippen molar-refractivity contribution in [2.24, 2.45) is 0 Å². The third-order valence-corrected chi connectivity index (χ3v) is 2.73. The maximum absolute atomic E-state index is 12.1. The predicted molar refractivity (Wildman–Crippen MR) is 83.7 cm³/mol. The van der Waals surface area contributed by atoms with Gasteiger partial charge in [-0.3, -0.25) is 4.79 Å². The Morgan fingerprint density at radius 1 is 1.23 bits per heavy atom. The summed E-state index contributed by atoms with van der Waals surface area (Å²) in [5.41, 5.74) is 0.194. The fraction of sp³-hybridized carbons (Fsp3) is 0.500. The molecule has 22 heavy (non-hydrogen) atoms. The monoisotopic (exact) mass is 308 g/mol. The van der Waals surface area contributed by atoms with Crippen LogP contribution in [0.15, 0.2) is 24.3 Å². The van der Waals surface area contributed by atoms with Crippen LogP contribution >= 0.6 is 0 Å². The van der Waals surface area contributed by atoms with Crippen molar-refractivity contribution < 1.29 is 19.4 Å². The third kappa shape index (κ3) is 6.47. The van der Waals surface area contributed by atoms with Crippen LogP contribution < -0.4 is 10.6 Å². The number of phenols is 1. The van der Waals surface area contributed by atoms with Gasteiger partial charge < -0.3 is 20.5 Å². The minimum Gasteiger partial charge on any atom is -0.508 e. The Balaban J connectivity index is 2.77. The SMILES string of the molecule is CCNC(=O)[C@H](Cc1ccc(O)cc1)NC(=O)OC(C)(C)C. The predicted octanol–water partition coefficient (Wildman–Crippen LogP) is 1.96. The zero-order valence-corrected chi connectivity index (χ0v) is 13.5. The number of phenolic OH excluding ortho intramolecular Hbond substituents is 1. The number of hydrogen-bond acceptors (Lipinski definition) is 4. The number of alkyl carbamates (subject to hydrolysis) is 1. The molecule has 0 radical (unpaired) electrons. The van der Waals surface area contributed by atoms with Crippen molar-refractivity contribution in [3.05, 3.63) is 29.8 Å². The summed E-state index contributed by atoms with van der Waals surface area (Å²) in [6, 6.07) is 5.76. The fourth-order valence-corrected chi connectivity index (χ4v) is 1.82. The van der Waals surface area contributed by atoms with Crippen molar-refractivity contribution in [2.75, 3.05) is 6.54 Å². The van der Waals surface area contributed by atoms with Crippen LogP contribution in [0.5, 0.6) is 5.75 Å². The summed E-state index contributed by atoms with van der Waals surface area (Å²) in [7, 11) is 0. The molecule has 0 heterocycles. The Bertz CT molecular complexity index is 506. The molecular formula is C16H24N2O4. The molecule has 1 atom stereocenters. The van der Waals surface area contributed by atoms with Crippen LogP contribution in [0.2, 0.25) is 0 Å². The van der Waals surface area contributed by atoms with E-state index in [0.29, 0.717) is 13.0 Å². The number of likely N-dealkylation sites (N-methyl/N-ethyl adjacent to an activating group) is 1. The van der Waals surface area contributed by atoms with E-state index in [1.54, 1.807) is 32.9 Å². The minimum absolute atomic E-state index is 0.151. The molecular weight excluding hydrogens is 284 g/mol. The third-order valence-electron chi connectivity index (χ3n) is 2.73. The average molecular weight is 308 g/mol. The van der Waals surface area contributed by atoms with Gasteiger partial charge in [-0.25, -0.2) is 4.79 Å². The van der Waals surface area contributed by atoms with Crippen molar-refractivity contribution in [1.29, 1.82) is 0 Å². The van der Waals surface area contributed by atoms with E-state index >= 15 is 0 Å². The maximum atomic E-state index is 12.1. The molecule has 6 heteroatoms. The first-order chi connectivity index (χ1) is 10.2. The fourth-order valence-electron chi connectivity index (χ4n) is 1.82. The molecule has 122 valence electrons. The summed E-state index contributed by atoms with van der Waals surface area (Å²) in [6.45, 7) is 7.55. The van der Waals surface area contributed by atoms with Crippen molar-refractivity contribution in [3.8, 4) is 5.75 Å². The Labute approximate surface area is 130 Å². The highest BCUT2D eigenvalue weighted by Crippen LogP contribution is 2.12. The second kappa shape index (κ2) is 7.68. The molecule has 1 aromatic rings. The summed E-state index contributed by atoms with van der Waals surface area (Å²) in [6.07, 6.45) is -0.326. The number of nitrogens with one attached hydrogen (secondary N) is 2. The lowest BCUT2D eigenvalue weighted by Crippen LogP contribution is -2.49. The number of benzene rings is 1. The maximum Gasteiger partial charge on any atom is 0.408 e. The molecule has 0 aliphatic heterocycles. The molecule has 0 saturated heterocycles. The smallest absolute Gasteiger partial charge is 0.408 e. The van der Waals surface area contributed by atoms with Gasteiger partial charge >= 0.3 is 6.09 Å². The Kier molecular flexibility index (Phi) is 6.22. The van der Waals surface area contributed by atoms with Crippen molar-refractivity contribution in [1.82, 2.24) is 10.6 Å². The minimum atomic E-state index is -0.737. The molecule has 0 aromatic heterocycles. The van der Waals surface area contributed by atoms with Crippen LogP contribution in [-0.4, -0.2) is 35.3 Å². The first kappa shape index (κ1) is 17.8. The Morgan fingerprint density at radius 2 is 1.82 bits per heavy atom. The van der Waals surface area contributed by atoms with Crippen LogP contribution in [0.4, 0.5) is 4.79 Å². The molecule has 0 spiro atoms. The number of aromatic hydroxyl groups is 1. The van der Waals surface area contributed by atoms with E-state index in [0.717, 1.165) is 5.56 Å². The van der Waals surface area contributed by atoms with Gasteiger partial charge in [-0.05, 0) is 45.4 Å². The topological polar surface area (TPSA) is 87.7 Å². The first-order valence-electron chi connectivity index (χ1n) is 7.26. The van der Waals surface area contributed by atoms with Gasteiger partial charge in [0.25, 0.3) is 0 Å². The molecule has 1 aromatic carbocycles. The van der Waals surface area contributed by atoms with Gasteiger partial charge in [0, 0.05) is 13.0 Å². The number of carbonyl (C=O) groups is 2. The molecule has 0 bridgehead atoms. The van der Waals surface area contributed by atoms with Crippen molar-refractivity contribution >= 4 is 12.0 Å². The Morgan fingerprint density at radius 3 is 2.32 bits per heavy atom. The molecule has 0 saturated carbocycles. The number of rotatable bonds is 5. The highest BCUT2D eigenvalue weighted by molar-refractivity contribution is 5.85. The molecule has 0 aliphatic carbocycles. The van der Waals surface area contributed by atoms with Gasteiger partial charge in [-0.1, -0.05) is 12.1 Å². The molecule has 3 N–H and O–H groups in total. The van der Waals surface area contributed by atoms with Crippen molar-refractivity contribution in [3.63, 3.8) is 0 Å². The van der Waals surface area contributed by atoms with E-state index in [2.05, 4.69) is 10.6 Å². The van der Waals surface area contributed by atoms with E-state index in [4.69, 9.17) is 4.74 Å². The second-order valence-electron chi connectivity index (χ2n) is 5.96. The molecule has 2 amide bonds. The summed E-state index contributed by atoms with van der Waals surface area (Å²) in [5.74, 6) is -0.125. The summed E-state index contributed by atoms with van der Waals surface area (Å²) in [5, 5.41) is 14.6. The first-order valence-corrected chi connectivity index (χ1v) is 7.26. The van der Waals surface area contributed by atoms with E-state index < -0.39 is 17.7 Å². The Hall–Kier alpha value is -2.24. The van der Waals surface area contributed by atoms with E-state index in [1.165, 1.54) is 12.1 Å². The number of hydrogen-bond donors (Lipinski definition) is 3. The quantitative estimate of drug-likeness (QED) is 0.776. The van der Waals surface area contributed by atoms with E-state index in [1.807, 2.05) is 6.92 Å². The highest BCUT2D eigenvalue weighted by atomic mass is 16.6. The van der Waals surface area contributed by atoms with Crippen LogP contribution in [-0.2, 0) is 16.0 Å². The zero-order chi connectivity index (χ0) is 16.8. The summed E-state index contributed by atoms with van der Waals surface area (Å²) >= 11 is 0. The second-order valence-corrected chi connectivity index (χ2v) is 5.96. The van der Waals surface area contributed by atoms with E-state index in [9.17, 15) is 14.7 Å². The molecule has 0 unspecified atom stereocenters. The molecule has 6 nitrogen and oxygen atoms in total. The lowest BCUT2D eigenvalue weighted by molar-refractivity contribution is -0.123. The van der Waals surface area contributed by atoms with Gasteiger partial charge in [-0.2, -0.15) is 0 Å². The molecule has 0 fully saturated rings. The lowest BCUT2D eigenvalue weighted by Gasteiger charge is -2.23. The number of amides is 2. The van der Waals surface area contributed by atoms with Crippen LogP contribution in [0.25, 0.3) is 0 Å². The van der Waals surface area contributed by atoms with Crippen LogP contribution in [0.3, 0.4) is 0 Å². The number of carbonyl (C=O) groups excluding carboxylic acids is 2. The average Bonchev–Trinajstić information content (AvgIpc) is 2.38. The number of ether oxygens (including phenoxy) is 1. The molecule has 0 aliphatic rings. The largest absolute Gasteiger partial charge is 0.508 e. The van der Waals surface area contributed by atoms with Gasteiger partial charge in [0.1, 0.15) is 17.4 Å². The molecule has 1 rings (SSSR count). The summed E-state index contributed by atoms with van der Waals surface area (Å²) in [4.78, 5) is 24.0. The van der Waals surface area contributed by atoms with Crippen LogP contribution in [0, 0.1) is 0 Å². The van der Waals surface area contributed by atoms with Crippen LogP contribution in [0.1, 0.15) is 33.3 Å². The van der Waals surface area contributed by atoms with Gasteiger partial charge in [0.15, 0.2) is 0 Å². The highest BCUT2D eigenvalue weighted by Gasteiger charge is 2.24. The standard InChI is InChI=1S/C16H24N2O4/c1-5-17-14(20)13(18-15(21)22-16(2,3)4)10-11-6-8-12(19)9-7-11/h6-9,13,19H,5,10H2,1-4H3,(H,17,20)(H,18,21)/t13-/m0/s1. The summed E-state index contributed by atoms with van der Waals surface area (Å²) < 4.78 is 5.18. The van der Waals surface area contributed by atoms with Gasteiger partial charge in [0.05, 0.1) is 0 Å². The van der Waals surface area contributed by atoms with E-state index in [-0.39, 0.29) is 11.7 Å². The van der Waals surface area contributed by atoms with Gasteiger partial charge in [-0.15, -0.1) is 0 Å². The zero-order valence-electron chi connectivity index (χ0n) is 13.5. The normalized spacial score (nSPS) is 12.4. The lowest BCUT2D eigenvalue weighted by atomic mass is 10.1. The van der Waals surface area contributed by atoms with Crippen molar-refractivity contribution in [2.45, 2.75) is 45.8 Å².